The number of likely N-dealkylation sites (tertiary alicyclic amines) is 1. The van der Waals surface area contributed by atoms with Crippen LogP contribution in [0.15, 0.2) is 11.8 Å². The van der Waals surface area contributed by atoms with E-state index in [-0.39, 0.29) is 41.5 Å². The molecule has 11 unspecified atom stereocenters. The van der Waals surface area contributed by atoms with Crippen LogP contribution in [0.5, 0.6) is 0 Å². The second-order valence-electron chi connectivity index (χ2n) is 13.7. The number of alkyl halides is 1. The molecule has 0 aromatic heterocycles. The fraction of sp³-hybridized carbons (Fsp3) is 0.867. The Balaban J connectivity index is 1.31. The Morgan fingerprint density at radius 3 is 2.58 bits per heavy atom. The maximum absolute atomic E-state index is 16.3. The highest BCUT2D eigenvalue weighted by molar-refractivity contribution is 6.20. The van der Waals surface area contributed by atoms with Gasteiger partial charge in [-0.25, -0.2) is 4.39 Å². The highest BCUT2D eigenvalue weighted by atomic mass is 19.1. The summed E-state index contributed by atoms with van der Waals surface area (Å²) in [5, 5.41) is 2.97. The van der Waals surface area contributed by atoms with Crippen LogP contribution in [0.25, 0.3) is 0 Å². The fourth-order valence-electron chi connectivity index (χ4n) is 8.88. The molecule has 3 saturated carbocycles. The molecule has 3 aliphatic carbocycles. The molecule has 40 heavy (non-hydrogen) atoms. The van der Waals surface area contributed by atoms with Crippen molar-refractivity contribution in [1.29, 1.82) is 0 Å². The number of amides is 1. The minimum absolute atomic E-state index is 0.00664. The first-order valence-electron chi connectivity index (χ1n) is 15.8. The van der Waals surface area contributed by atoms with Gasteiger partial charge < -0.3 is 31.3 Å². The predicted octanol–water partition coefficient (Wildman–Crippen LogP) is 1.01. The number of nitrogens with one attached hydrogen (secondary N) is 1. The predicted molar refractivity (Wildman–Crippen MR) is 151 cm³/mol. The van der Waals surface area contributed by atoms with E-state index in [0.717, 1.165) is 38.6 Å². The number of hydrogen-bond donors (Lipinski definition) is 3. The number of Topliss-reactive ketones (excluding diaryl/α,β-unsaturated/α-hetero) is 1. The van der Waals surface area contributed by atoms with Crippen LogP contribution in [0.4, 0.5) is 4.39 Å². The minimum atomic E-state index is -1.43. The number of carbonyl (C=O) groups is 2. The van der Waals surface area contributed by atoms with E-state index in [9.17, 15) is 9.59 Å². The summed E-state index contributed by atoms with van der Waals surface area (Å²) < 4.78 is 23.3. The largest absolute Gasteiger partial charge is 0.369 e. The zero-order valence-corrected chi connectivity index (χ0v) is 24.2. The van der Waals surface area contributed by atoms with Gasteiger partial charge in [-0.2, -0.15) is 0 Å². The number of ether oxygens (including phenoxy) is 1. The number of morpholine rings is 1. The van der Waals surface area contributed by atoms with Gasteiger partial charge in [0.25, 0.3) is 5.91 Å². The van der Waals surface area contributed by atoms with Gasteiger partial charge in [0.05, 0.1) is 41.8 Å². The first-order chi connectivity index (χ1) is 19.2. The number of unbranched alkanes of at least 4 members (excludes halogenated alkanes) is 1. The molecule has 6 aliphatic rings. The summed E-state index contributed by atoms with van der Waals surface area (Å²) in [6, 6.07) is -1.82. The first kappa shape index (κ1) is 28.5. The normalized spacial score (nSPS) is 43.1. The van der Waals surface area contributed by atoms with Crippen molar-refractivity contribution in [1.82, 2.24) is 20.0 Å². The van der Waals surface area contributed by atoms with Crippen molar-refractivity contribution >= 4 is 11.7 Å². The quantitative estimate of drug-likeness (QED) is 0.312. The highest BCUT2D eigenvalue weighted by Crippen LogP contribution is 2.50. The summed E-state index contributed by atoms with van der Waals surface area (Å²) in [4.78, 5) is 33.8. The van der Waals surface area contributed by atoms with Gasteiger partial charge in [-0.15, -0.1) is 0 Å². The van der Waals surface area contributed by atoms with Crippen molar-refractivity contribution in [3.8, 4) is 0 Å². The van der Waals surface area contributed by atoms with Gasteiger partial charge in [0.15, 0.2) is 5.78 Å². The molecule has 0 bridgehead atoms. The molecule has 5 N–H and O–H groups in total. The Labute approximate surface area is 238 Å². The number of fused-ring (bicyclic) bond motifs is 3. The summed E-state index contributed by atoms with van der Waals surface area (Å²) in [6.45, 7) is 2.76. The van der Waals surface area contributed by atoms with Crippen LogP contribution in [-0.2, 0) is 14.3 Å². The summed E-state index contributed by atoms with van der Waals surface area (Å²) in [7, 11) is 4.05. The molecule has 10 heteroatoms. The maximum atomic E-state index is 16.3. The zero-order chi connectivity index (χ0) is 28.1. The van der Waals surface area contributed by atoms with Gasteiger partial charge >= 0.3 is 0 Å². The van der Waals surface area contributed by atoms with Crippen molar-refractivity contribution in [3.05, 3.63) is 11.8 Å². The van der Waals surface area contributed by atoms with Gasteiger partial charge in [0.2, 0.25) is 0 Å². The van der Waals surface area contributed by atoms with Crippen molar-refractivity contribution in [2.75, 3.05) is 40.3 Å². The average molecular weight is 561 g/mol. The van der Waals surface area contributed by atoms with E-state index in [4.69, 9.17) is 16.2 Å². The molecule has 0 aromatic carbocycles. The maximum Gasteiger partial charge on any atom is 0.256 e. The fourth-order valence-corrected chi connectivity index (χ4v) is 8.88. The van der Waals surface area contributed by atoms with E-state index in [1.807, 2.05) is 20.3 Å². The Bertz CT molecular complexity index is 994. The molecule has 0 spiro atoms. The molecule has 5 fully saturated rings. The third-order valence-electron chi connectivity index (χ3n) is 10.9. The zero-order valence-electron chi connectivity index (χ0n) is 24.2. The lowest BCUT2D eigenvalue weighted by atomic mass is 9.64. The number of rotatable bonds is 7. The second kappa shape index (κ2) is 11.6. The van der Waals surface area contributed by atoms with Crippen LogP contribution < -0.4 is 16.8 Å². The van der Waals surface area contributed by atoms with Crippen molar-refractivity contribution < 1.29 is 18.7 Å². The lowest BCUT2D eigenvalue weighted by Crippen LogP contribution is -2.77. The number of nitrogens with zero attached hydrogens (tertiary/aromatic N) is 3. The summed E-state index contributed by atoms with van der Waals surface area (Å²) in [5.41, 5.74) is 13.0. The molecule has 3 aliphatic heterocycles. The molecule has 11 atom stereocenters. The first-order valence-corrected chi connectivity index (χ1v) is 15.8. The van der Waals surface area contributed by atoms with E-state index >= 15 is 4.39 Å². The van der Waals surface area contributed by atoms with E-state index in [2.05, 4.69) is 20.0 Å². The van der Waals surface area contributed by atoms with E-state index in [1.165, 1.54) is 25.7 Å². The third-order valence-corrected chi connectivity index (χ3v) is 10.9. The molecule has 0 radical (unpaired) electrons. The molecular weight excluding hydrogens is 511 g/mol. The van der Waals surface area contributed by atoms with E-state index in [0.29, 0.717) is 31.5 Å². The Morgan fingerprint density at radius 1 is 1.12 bits per heavy atom. The third kappa shape index (κ3) is 5.12. The topological polar surface area (TPSA) is 117 Å². The van der Waals surface area contributed by atoms with Crippen molar-refractivity contribution in [2.45, 2.75) is 106 Å². The SMILES string of the molecule is CN(C)CCCCNC(=O)C1=CN2C3CC4CCCCC4CC3OC3C(N4CCC(N)C4)C(F)C(N)C(C1=O)C32. The van der Waals surface area contributed by atoms with Crippen LogP contribution in [0.1, 0.15) is 57.8 Å². The van der Waals surface area contributed by atoms with Crippen molar-refractivity contribution in [2.24, 2.45) is 29.2 Å². The Morgan fingerprint density at radius 2 is 1.88 bits per heavy atom. The van der Waals surface area contributed by atoms with E-state index in [1.54, 1.807) is 0 Å². The molecule has 3 heterocycles. The van der Waals surface area contributed by atoms with Crippen LogP contribution in [-0.4, -0.2) is 115 Å². The monoisotopic (exact) mass is 560 g/mol. The summed E-state index contributed by atoms with van der Waals surface area (Å²) in [6.07, 6.45) is 9.38. The van der Waals surface area contributed by atoms with Gasteiger partial charge in [-0.3, -0.25) is 14.5 Å². The molecule has 224 valence electrons. The molecular formula is C30H49FN6O3. The van der Waals surface area contributed by atoms with Gasteiger partial charge in [-0.1, -0.05) is 25.7 Å². The smallest absolute Gasteiger partial charge is 0.256 e. The molecule has 1 amide bonds. The van der Waals surface area contributed by atoms with Gasteiger partial charge in [-0.05, 0) is 64.6 Å². The highest BCUT2D eigenvalue weighted by Gasteiger charge is 2.63. The van der Waals surface area contributed by atoms with Crippen LogP contribution >= 0.6 is 0 Å². The lowest BCUT2D eigenvalue weighted by molar-refractivity contribution is -0.222. The number of carbonyl (C=O) groups excluding carboxylic acids is 2. The summed E-state index contributed by atoms with van der Waals surface area (Å²) in [5.74, 6) is -0.246. The molecule has 2 saturated heterocycles. The number of hydrogen-bond acceptors (Lipinski definition) is 8. The number of nitrogens with two attached hydrogens (primary N) is 2. The van der Waals surface area contributed by atoms with Gasteiger partial charge in [0, 0.05) is 37.9 Å². The minimum Gasteiger partial charge on any atom is -0.369 e. The standard InChI is InChI=1S/C30H49FN6O3/c1-35(2)11-6-5-10-34-30(39)20-16-37-21-13-17-7-3-4-8-18(17)14-22(21)40-29-26(37)23(28(20)38)25(33)24(31)27(29)36-12-9-19(32)15-36/h16-19,21-27,29H,3-15,32-33H2,1-2H3,(H,34,39). The number of halogens is 1. The van der Waals surface area contributed by atoms with Crippen molar-refractivity contribution in [3.63, 3.8) is 0 Å². The lowest BCUT2D eigenvalue weighted by Gasteiger charge is -2.62. The second-order valence-corrected chi connectivity index (χ2v) is 13.7. The summed E-state index contributed by atoms with van der Waals surface area (Å²) >= 11 is 0. The molecule has 6 rings (SSSR count). The Kier molecular flexibility index (Phi) is 8.27. The van der Waals surface area contributed by atoms with Crippen LogP contribution in [0, 0.1) is 17.8 Å². The van der Waals surface area contributed by atoms with Crippen LogP contribution in [0.3, 0.4) is 0 Å². The molecule has 0 aromatic rings. The van der Waals surface area contributed by atoms with Gasteiger partial charge in [0.1, 0.15) is 6.17 Å². The van der Waals surface area contributed by atoms with E-state index < -0.39 is 30.3 Å². The molecule has 9 nitrogen and oxygen atoms in total. The Hall–Kier alpha value is -1.59. The van der Waals surface area contributed by atoms with Crippen LogP contribution in [0.2, 0.25) is 0 Å². The average Bonchev–Trinajstić information content (AvgIpc) is 3.36. The number of ketones is 1.